The Bertz CT molecular complexity index is 497. The van der Waals surface area contributed by atoms with Crippen molar-refractivity contribution in [3.8, 4) is 0 Å². The van der Waals surface area contributed by atoms with Gasteiger partial charge in [-0.3, -0.25) is 0 Å². The summed E-state index contributed by atoms with van der Waals surface area (Å²) in [6.45, 7) is 4.95. The third kappa shape index (κ3) is 3.91. The lowest BCUT2D eigenvalue weighted by Crippen LogP contribution is -2.37. The van der Waals surface area contributed by atoms with Crippen LogP contribution in [0.1, 0.15) is 18.1 Å². The van der Waals surface area contributed by atoms with Gasteiger partial charge >= 0.3 is 0 Å². The van der Waals surface area contributed by atoms with Gasteiger partial charge in [0.15, 0.2) is 0 Å². The molecule has 3 N–H and O–H groups in total. The van der Waals surface area contributed by atoms with Crippen molar-refractivity contribution in [1.29, 1.82) is 0 Å². The van der Waals surface area contributed by atoms with Crippen LogP contribution in [0.2, 0.25) is 0 Å². The Kier molecular flexibility index (Phi) is 6.22. The molecule has 0 aromatic heterocycles. The van der Waals surface area contributed by atoms with Gasteiger partial charge in [0.05, 0.1) is 4.90 Å². The first-order chi connectivity index (χ1) is 7.77. The van der Waals surface area contributed by atoms with Crippen LogP contribution in [-0.2, 0) is 10.0 Å². The molecule has 7 heteroatoms. The van der Waals surface area contributed by atoms with Crippen LogP contribution < -0.4 is 10.5 Å². The van der Waals surface area contributed by atoms with Crippen LogP contribution >= 0.6 is 12.4 Å². The molecular formula is C11H18ClFN2O2S. The lowest BCUT2D eigenvalue weighted by atomic mass is 10.1. The monoisotopic (exact) mass is 296 g/mol. The van der Waals surface area contributed by atoms with E-state index in [0.29, 0.717) is 11.1 Å². The number of nitrogens with two attached hydrogens (primary N) is 1. The van der Waals surface area contributed by atoms with Gasteiger partial charge < -0.3 is 5.73 Å². The number of hydrogen-bond acceptors (Lipinski definition) is 3. The third-order valence-electron chi connectivity index (χ3n) is 2.43. The third-order valence-corrected chi connectivity index (χ3v) is 4.00. The van der Waals surface area contributed by atoms with Crippen LogP contribution in [0.15, 0.2) is 17.0 Å². The Morgan fingerprint density at radius 2 is 1.78 bits per heavy atom. The fraction of sp³-hybridized carbons (Fsp3) is 0.455. The van der Waals surface area contributed by atoms with E-state index in [-0.39, 0.29) is 35.7 Å². The van der Waals surface area contributed by atoms with E-state index in [0.717, 1.165) is 0 Å². The van der Waals surface area contributed by atoms with Crippen molar-refractivity contribution in [1.82, 2.24) is 4.72 Å². The van der Waals surface area contributed by atoms with Crippen LogP contribution in [0.5, 0.6) is 0 Å². The van der Waals surface area contributed by atoms with Crippen LogP contribution in [0, 0.1) is 19.7 Å². The van der Waals surface area contributed by atoms with Crippen molar-refractivity contribution in [2.45, 2.75) is 31.7 Å². The summed E-state index contributed by atoms with van der Waals surface area (Å²) in [5.41, 5.74) is 5.98. The van der Waals surface area contributed by atoms with Gasteiger partial charge in [-0.2, -0.15) is 0 Å². The predicted molar refractivity (Wildman–Crippen MR) is 72.0 cm³/mol. The molecule has 104 valence electrons. The fourth-order valence-electron chi connectivity index (χ4n) is 1.44. The van der Waals surface area contributed by atoms with Crippen molar-refractivity contribution in [3.05, 3.63) is 29.1 Å². The van der Waals surface area contributed by atoms with E-state index < -0.39 is 10.0 Å². The van der Waals surface area contributed by atoms with Gasteiger partial charge in [0.2, 0.25) is 10.0 Å². The van der Waals surface area contributed by atoms with Gasteiger partial charge in [-0.05, 0) is 44.0 Å². The summed E-state index contributed by atoms with van der Waals surface area (Å²) in [4.78, 5) is 0.0641. The average Bonchev–Trinajstić information content (AvgIpc) is 2.24. The van der Waals surface area contributed by atoms with Crippen molar-refractivity contribution in [3.63, 3.8) is 0 Å². The number of hydrogen-bond donors (Lipinski definition) is 2. The molecule has 1 aromatic carbocycles. The molecule has 0 aliphatic carbocycles. The second-order valence-corrected chi connectivity index (χ2v) is 5.84. The first-order valence-corrected chi connectivity index (χ1v) is 6.75. The fourth-order valence-corrected chi connectivity index (χ4v) is 2.87. The second-order valence-electron chi connectivity index (χ2n) is 4.13. The summed E-state index contributed by atoms with van der Waals surface area (Å²) < 4.78 is 39.7. The van der Waals surface area contributed by atoms with Crippen LogP contribution in [0.3, 0.4) is 0 Å². The SMILES string of the molecule is Cc1cc(S(=O)(=O)N[C@@H](C)CN)cc(C)c1F.Cl. The molecule has 0 saturated heterocycles. The minimum atomic E-state index is -3.63. The highest BCUT2D eigenvalue weighted by Crippen LogP contribution is 2.18. The van der Waals surface area contributed by atoms with Crippen molar-refractivity contribution < 1.29 is 12.8 Å². The number of nitrogens with one attached hydrogen (secondary N) is 1. The Balaban J connectivity index is 0.00000289. The molecule has 1 aromatic rings. The molecule has 1 rings (SSSR count). The van der Waals surface area contributed by atoms with Gasteiger partial charge in [-0.25, -0.2) is 17.5 Å². The highest BCUT2D eigenvalue weighted by atomic mass is 35.5. The van der Waals surface area contributed by atoms with Gasteiger partial charge in [-0.1, -0.05) is 0 Å². The summed E-state index contributed by atoms with van der Waals surface area (Å²) >= 11 is 0. The van der Waals surface area contributed by atoms with Crippen LogP contribution in [0.25, 0.3) is 0 Å². The van der Waals surface area contributed by atoms with Crippen molar-refractivity contribution in [2.24, 2.45) is 5.73 Å². The minimum Gasteiger partial charge on any atom is -0.329 e. The molecule has 18 heavy (non-hydrogen) atoms. The Labute approximate surface area is 113 Å². The first-order valence-electron chi connectivity index (χ1n) is 5.27. The molecule has 4 nitrogen and oxygen atoms in total. The highest BCUT2D eigenvalue weighted by Gasteiger charge is 2.18. The maximum absolute atomic E-state index is 13.4. The summed E-state index contributed by atoms with van der Waals surface area (Å²) in [5.74, 6) is -0.379. The van der Waals surface area contributed by atoms with E-state index in [1.54, 1.807) is 6.92 Å². The Morgan fingerprint density at radius 1 is 1.33 bits per heavy atom. The first kappa shape index (κ1) is 17.3. The molecule has 0 heterocycles. The zero-order valence-electron chi connectivity index (χ0n) is 10.5. The molecule has 0 radical (unpaired) electrons. The largest absolute Gasteiger partial charge is 0.329 e. The summed E-state index contributed by atoms with van der Waals surface area (Å²) in [6.07, 6.45) is 0. The van der Waals surface area contributed by atoms with Crippen LogP contribution in [0.4, 0.5) is 4.39 Å². The Hall–Kier alpha value is -0.690. The summed E-state index contributed by atoms with van der Waals surface area (Å²) in [7, 11) is -3.63. The molecule has 0 aliphatic rings. The maximum atomic E-state index is 13.4. The molecule has 0 unspecified atom stereocenters. The lowest BCUT2D eigenvalue weighted by molar-refractivity contribution is 0.561. The topological polar surface area (TPSA) is 72.2 Å². The molecule has 0 fully saturated rings. The van der Waals surface area contributed by atoms with E-state index in [2.05, 4.69) is 4.72 Å². The lowest BCUT2D eigenvalue weighted by Gasteiger charge is -2.13. The molecule has 1 atom stereocenters. The second kappa shape index (κ2) is 6.47. The van der Waals surface area contributed by atoms with Gasteiger partial charge in [0.25, 0.3) is 0 Å². The predicted octanol–water partition coefficient (Wildman–Crippen LogP) is 1.49. The maximum Gasteiger partial charge on any atom is 0.240 e. The average molecular weight is 297 g/mol. The molecule has 0 aliphatic heterocycles. The van der Waals surface area contributed by atoms with E-state index in [4.69, 9.17) is 5.73 Å². The smallest absolute Gasteiger partial charge is 0.240 e. The zero-order valence-corrected chi connectivity index (χ0v) is 12.2. The summed E-state index contributed by atoms with van der Waals surface area (Å²) in [5, 5.41) is 0. The number of aryl methyl sites for hydroxylation is 2. The van der Waals surface area contributed by atoms with Crippen LogP contribution in [-0.4, -0.2) is 21.0 Å². The molecular weight excluding hydrogens is 279 g/mol. The quantitative estimate of drug-likeness (QED) is 0.884. The zero-order chi connectivity index (χ0) is 13.2. The van der Waals surface area contributed by atoms with Gasteiger partial charge in [0, 0.05) is 12.6 Å². The summed E-state index contributed by atoms with van der Waals surface area (Å²) in [6, 6.07) is 2.27. The molecule has 0 saturated carbocycles. The van der Waals surface area contributed by atoms with Crippen molar-refractivity contribution >= 4 is 22.4 Å². The molecule has 0 spiro atoms. The number of benzene rings is 1. The standard InChI is InChI=1S/C11H17FN2O2S.ClH/c1-7-4-10(5-8(2)11(7)12)17(15,16)14-9(3)6-13;/h4-5,9,14H,6,13H2,1-3H3;1H/t9-;/m0./s1. The van der Waals surface area contributed by atoms with E-state index in [1.165, 1.54) is 26.0 Å². The normalized spacial score (nSPS) is 12.9. The van der Waals surface area contributed by atoms with E-state index >= 15 is 0 Å². The molecule has 0 bridgehead atoms. The molecule has 0 amide bonds. The Morgan fingerprint density at radius 3 is 2.17 bits per heavy atom. The minimum absolute atomic E-state index is 0. The van der Waals surface area contributed by atoms with Gasteiger partial charge in [-0.15, -0.1) is 12.4 Å². The van der Waals surface area contributed by atoms with Crippen molar-refractivity contribution in [2.75, 3.05) is 6.54 Å². The number of halogens is 2. The number of sulfonamides is 1. The highest BCUT2D eigenvalue weighted by molar-refractivity contribution is 7.89. The van der Waals surface area contributed by atoms with E-state index in [1.807, 2.05) is 0 Å². The van der Waals surface area contributed by atoms with E-state index in [9.17, 15) is 12.8 Å². The van der Waals surface area contributed by atoms with Gasteiger partial charge in [0.1, 0.15) is 5.82 Å². The number of rotatable bonds is 4.